The molecule has 1 unspecified atom stereocenters. The largest absolute Gasteiger partial charge is 0.508 e. The van der Waals surface area contributed by atoms with E-state index in [-0.39, 0.29) is 41.6 Å². The van der Waals surface area contributed by atoms with Gasteiger partial charge in [0.2, 0.25) is 5.78 Å². The molecule has 3 aliphatic carbocycles. The highest BCUT2D eigenvalue weighted by Gasteiger charge is 2.72. The number of phenols is 1. The molecule has 44 heavy (non-hydrogen) atoms. The molecule has 0 aliphatic heterocycles. The summed E-state index contributed by atoms with van der Waals surface area (Å²) in [6.07, 6.45) is 0.742. The molecule has 7 heteroatoms. The van der Waals surface area contributed by atoms with Crippen LogP contribution in [0.2, 0.25) is 0 Å². The third-order valence-corrected chi connectivity index (χ3v) is 10.0. The monoisotopic (exact) mass is 596 g/mol. The van der Waals surface area contributed by atoms with Gasteiger partial charge in [-0.2, -0.15) is 0 Å². The van der Waals surface area contributed by atoms with Gasteiger partial charge >= 0.3 is 0 Å². The van der Waals surface area contributed by atoms with Crippen LogP contribution in [0.5, 0.6) is 5.75 Å². The van der Waals surface area contributed by atoms with Crippen molar-refractivity contribution < 1.29 is 34.8 Å². The van der Waals surface area contributed by atoms with Gasteiger partial charge in [0.1, 0.15) is 22.8 Å². The van der Waals surface area contributed by atoms with E-state index in [2.05, 4.69) is 11.8 Å². The number of carbonyl (C=O) groups excluding carboxylic acids is 3. The number of aliphatic hydroxyl groups is 3. The molecule has 4 N–H and O–H groups in total. The first kappa shape index (κ1) is 31.3. The summed E-state index contributed by atoms with van der Waals surface area (Å²) in [7, 11) is 0. The second-order valence-corrected chi connectivity index (χ2v) is 13.8. The maximum absolute atomic E-state index is 14.5. The van der Waals surface area contributed by atoms with Crippen molar-refractivity contribution in [2.75, 3.05) is 0 Å². The number of allylic oxidation sites excluding steroid dienone is 1. The molecular weight excluding hydrogens is 556 g/mol. The number of ketones is 3. The zero-order chi connectivity index (χ0) is 32.5. The molecule has 7 nitrogen and oxygen atoms in total. The average molecular weight is 597 g/mol. The van der Waals surface area contributed by atoms with Crippen LogP contribution in [0.4, 0.5) is 0 Å². The van der Waals surface area contributed by atoms with Gasteiger partial charge < -0.3 is 20.4 Å². The number of fused-ring (bicyclic) bond motifs is 3. The molecule has 0 heterocycles. The number of phenolic OH excluding ortho intramolecular Hbond substituents is 1. The van der Waals surface area contributed by atoms with Crippen LogP contribution in [0.15, 0.2) is 53.3 Å². The third kappa shape index (κ3) is 4.26. The molecule has 1 fully saturated rings. The molecule has 3 aliphatic rings. The summed E-state index contributed by atoms with van der Waals surface area (Å²) in [6.45, 7) is 12.1. The topological polar surface area (TPSA) is 132 Å². The highest BCUT2D eigenvalue weighted by molar-refractivity contribution is 6.24. The van der Waals surface area contributed by atoms with Crippen molar-refractivity contribution in [1.29, 1.82) is 0 Å². The minimum absolute atomic E-state index is 0.0199. The Bertz CT molecular complexity index is 1730. The molecule has 0 amide bonds. The Morgan fingerprint density at radius 2 is 1.68 bits per heavy atom. The molecule has 230 valence electrons. The first-order valence-corrected chi connectivity index (χ1v) is 15.1. The SMILES string of the molecule is CC(=O)C1=C(O)[C@]2(O)C(=O)C3=C(O)c4c(O)c(C#CCc5ccccc5)cc(C(C)C)c4C[C@]3(C)C[C@]2(C)C(C(C)C)C1=O. The first-order valence-electron chi connectivity index (χ1n) is 15.1. The molecule has 1 saturated carbocycles. The lowest BCUT2D eigenvalue weighted by atomic mass is 9.43. The van der Waals surface area contributed by atoms with E-state index in [1.807, 2.05) is 57.2 Å². The minimum Gasteiger partial charge on any atom is -0.508 e. The molecule has 0 spiro atoms. The minimum atomic E-state index is -2.64. The quantitative estimate of drug-likeness (QED) is 0.255. The van der Waals surface area contributed by atoms with E-state index >= 15 is 0 Å². The molecule has 0 saturated heterocycles. The van der Waals surface area contributed by atoms with Crippen molar-refractivity contribution >= 4 is 23.1 Å². The number of aromatic hydroxyl groups is 1. The fourth-order valence-electron chi connectivity index (χ4n) is 8.26. The van der Waals surface area contributed by atoms with E-state index in [1.165, 1.54) is 0 Å². The van der Waals surface area contributed by atoms with Gasteiger partial charge in [-0.15, -0.1) is 0 Å². The second-order valence-electron chi connectivity index (χ2n) is 13.8. The van der Waals surface area contributed by atoms with Crippen molar-refractivity contribution in [3.63, 3.8) is 0 Å². The van der Waals surface area contributed by atoms with E-state index < -0.39 is 56.8 Å². The molecule has 5 rings (SSSR count). The Balaban J connectivity index is 1.76. The number of benzene rings is 2. The van der Waals surface area contributed by atoms with Gasteiger partial charge in [0.25, 0.3) is 0 Å². The van der Waals surface area contributed by atoms with Crippen LogP contribution < -0.4 is 0 Å². The summed E-state index contributed by atoms with van der Waals surface area (Å²) in [5, 5.41) is 47.0. The molecular formula is C37H40O7. The summed E-state index contributed by atoms with van der Waals surface area (Å²) in [5.74, 6) is 0.728. The molecule has 2 aromatic rings. The lowest BCUT2D eigenvalue weighted by Gasteiger charge is -2.59. The smallest absolute Gasteiger partial charge is 0.203 e. The van der Waals surface area contributed by atoms with Crippen molar-refractivity contribution in [2.45, 2.75) is 79.2 Å². The summed E-state index contributed by atoms with van der Waals surface area (Å²) >= 11 is 0. The van der Waals surface area contributed by atoms with Gasteiger partial charge in [-0.3, -0.25) is 14.4 Å². The summed E-state index contributed by atoms with van der Waals surface area (Å²) in [4.78, 5) is 40.8. The van der Waals surface area contributed by atoms with Gasteiger partial charge in [-0.25, -0.2) is 0 Å². The van der Waals surface area contributed by atoms with Crippen LogP contribution in [-0.2, 0) is 27.2 Å². The molecule has 0 radical (unpaired) electrons. The fourth-order valence-corrected chi connectivity index (χ4v) is 8.26. The van der Waals surface area contributed by atoms with Crippen molar-refractivity contribution in [2.24, 2.45) is 22.7 Å². The Labute approximate surface area is 258 Å². The van der Waals surface area contributed by atoms with E-state index in [4.69, 9.17) is 0 Å². The molecule has 0 aromatic heterocycles. The number of Topliss-reactive ketones (excluding diaryl/α,β-unsaturated/α-hetero) is 3. The van der Waals surface area contributed by atoms with E-state index in [1.54, 1.807) is 20.8 Å². The van der Waals surface area contributed by atoms with Crippen molar-refractivity contribution in [1.82, 2.24) is 0 Å². The van der Waals surface area contributed by atoms with Crippen LogP contribution in [0.3, 0.4) is 0 Å². The Hall–Kier alpha value is -4.15. The predicted molar refractivity (Wildman–Crippen MR) is 167 cm³/mol. The number of hydrogen-bond acceptors (Lipinski definition) is 7. The Kier molecular flexibility index (Phi) is 7.46. The maximum Gasteiger partial charge on any atom is 0.203 e. The maximum atomic E-state index is 14.5. The summed E-state index contributed by atoms with van der Waals surface area (Å²) in [5.41, 5.74) is -3.00. The first-order chi connectivity index (χ1) is 20.5. The van der Waals surface area contributed by atoms with Crippen molar-refractivity contribution in [3.05, 3.63) is 81.1 Å². The molecule has 4 atom stereocenters. The second kappa shape index (κ2) is 10.5. The molecule has 2 aromatic carbocycles. The normalized spacial score (nSPS) is 28.0. The molecule has 0 bridgehead atoms. The zero-order valence-electron chi connectivity index (χ0n) is 26.3. The third-order valence-electron chi connectivity index (χ3n) is 10.0. The average Bonchev–Trinajstić information content (AvgIpc) is 2.92. The van der Waals surface area contributed by atoms with Gasteiger partial charge in [0.05, 0.1) is 11.1 Å². The van der Waals surface area contributed by atoms with Crippen molar-refractivity contribution in [3.8, 4) is 17.6 Å². The van der Waals surface area contributed by atoms with Crippen LogP contribution in [0, 0.1) is 34.5 Å². The zero-order valence-corrected chi connectivity index (χ0v) is 26.3. The van der Waals surface area contributed by atoms with Crippen LogP contribution in [-0.4, -0.2) is 43.4 Å². The predicted octanol–water partition coefficient (Wildman–Crippen LogP) is 5.91. The number of aliphatic hydroxyl groups excluding tert-OH is 2. The van der Waals surface area contributed by atoms with Gasteiger partial charge in [0, 0.05) is 28.7 Å². The van der Waals surface area contributed by atoms with E-state index in [0.29, 0.717) is 17.5 Å². The van der Waals surface area contributed by atoms with E-state index in [0.717, 1.165) is 18.1 Å². The fraction of sp³-hybridized carbons (Fsp3) is 0.432. The summed E-state index contributed by atoms with van der Waals surface area (Å²) in [6, 6.07) is 11.5. The number of hydrogen-bond donors (Lipinski definition) is 4. The lowest BCUT2D eigenvalue weighted by molar-refractivity contribution is -0.178. The highest BCUT2D eigenvalue weighted by atomic mass is 16.3. The number of carbonyl (C=O) groups is 3. The summed E-state index contributed by atoms with van der Waals surface area (Å²) < 4.78 is 0. The standard InChI is InChI=1S/C37H40O7/c1-19(2)24-16-23(15-11-14-22-12-9-8-10-13-22)30(39)27-25(24)17-35(6)18-36(7)28(20(3)4)31(40)26(21(5)38)33(42)37(36,44)34(43)29(35)32(27)41/h8-10,12-13,16,19-20,28,39,41-42,44H,14,17-18H2,1-7H3/t28?,35-,36-,37+/m1/s1. The Morgan fingerprint density at radius 1 is 1.05 bits per heavy atom. The van der Waals surface area contributed by atoms with Gasteiger partial charge in [-0.1, -0.05) is 83.7 Å². The number of rotatable bonds is 4. The van der Waals surface area contributed by atoms with E-state index in [9.17, 15) is 34.8 Å². The van der Waals surface area contributed by atoms with Gasteiger partial charge in [-0.05, 0) is 54.4 Å². The van der Waals surface area contributed by atoms with Crippen LogP contribution in [0.1, 0.15) is 88.6 Å². The van der Waals surface area contributed by atoms with Gasteiger partial charge in [0.15, 0.2) is 17.2 Å². The van der Waals surface area contributed by atoms with Crippen LogP contribution in [0.25, 0.3) is 5.76 Å². The lowest BCUT2D eigenvalue weighted by Crippen LogP contribution is -2.69. The Morgan fingerprint density at radius 3 is 2.25 bits per heavy atom. The van der Waals surface area contributed by atoms with Crippen LogP contribution >= 0.6 is 0 Å². The highest BCUT2D eigenvalue weighted by Crippen LogP contribution is 2.65.